The van der Waals surface area contributed by atoms with E-state index in [1.165, 1.54) is 12.1 Å². The summed E-state index contributed by atoms with van der Waals surface area (Å²) < 4.78 is 18.7. The van der Waals surface area contributed by atoms with Gasteiger partial charge in [0, 0.05) is 38.8 Å². The summed E-state index contributed by atoms with van der Waals surface area (Å²) >= 11 is 0. The number of ether oxygens (including phenoxy) is 1. The Kier molecular flexibility index (Phi) is 4.31. The summed E-state index contributed by atoms with van der Waals surface area (Å²) in [7, 11) is 0. The average Bonchev–Trinajstić information content (AvgIpc) is 3.30. The van der Waals surface area contributed by atoms with Gasteiger partial charge in [-0.2, -0.15) is 0 Å². The average molecular weight is 332 g/mol. The quantitative estimate of drug-likeness (QED) is 0.851. The van der Waals surface area contributed by atoms with Crippen molar-refractivity contribution in [1.82, 2.24) is 9.80 Å². The van der Waals surface area contributed by atoms with E-state index in [0.29, 0.717) is 6.04 Å². The van der Waals surface area contributed by atoms with E-state index >= 15 is 0 Å². The Balaban J connectivity index is 1.43. The fourth-order valence-electron chi connectivity index (χ4n) is 4.14. The van der Waals surface area contributed by atoms with Crippen molar-refractivity contribution in [3.63, 3.8) is 0 Å². The SMILES string of the molecule is O=C(N1CCCN(C2CCOC2)CC1)C1(c2ccc(F)cc2)CC1. The summed E-state index contributed by atoms with van der Waals surface area (Å²) in [6.07, 6.45) is 3.89. The van der Waals surface area contributed by atoms with Crippen LogP contribution in [0.4, 0.5) is 4.39 Å². The van der Waals surface area contributed by atoms with Crippen molar-refractivity contribution < 1.29 is 13.9 Å². The first-order chi connectivity index (χ1) is 11.7. The van der Waals surface area contributed by atoms with Gasteiger partial charge in [0.2, 0.25) is 5.91 Å². The van der Waals surface area contributed by atoms with Gasteiger partial charge in [-0.05, 0) is 43.4 Å². The lowest BCUT2D eigenvalue weighted by atomic mass is 9.94. The topological polar surface area (TPSA) is 32.8 Å². The first-order valence-corrected chi connectivity index (χ1v) is 9.06. The number of hydrogen-bond donors (Lipinski definition) is 0. The van der Waals surface area contributed by atoms with Gasteiger partial charge in [-0.15, -0.1) is 0 Å². The second-order valence-electron chi connectivity index (χ2n) is 7.29. The van der Waals surface area contributed by atoms with Crippen molar-refractivity contribution in [2.45, 2.75) is 37.1 Å². The van der Waals surface area contributed by atoms with Gasteiger partial charge in [0.25, 0.3) is 0 Å². The standard InChI is InChI=1S/C19H25FN2O2/c20-16-4-2-15(3-5-16)19(7-8-19)18(23)22-10-1-9-21(11-12-22)17-6-13-24-14-17/h2-5,17H,1,6-14H2. The Morgan fingerprint density at radius 1 is 1.12 bits per heavy atom. The molecule has 0 spiro atoms. The summed E-state index contributed by atoms with van der Waals surface area (Å²) in [4.78, 5) is 17.7. The van der Waals surface area contributed by atoms with Gasteiger partial charge in [0.05, 0.1) is 12.0 Å². The van der Waals surface area contributed by atoms with Crippen molar-refractivity contribution in [1.29, 1.82) is 0 Å². The molecule has 0 N–H and O–H groups in total. The Bertz CT molecular complexity index is 594. The number of halogens is 1. The van der Waals surface area contributed by atoms with E-state index in [0.717, 1.165) is 70.6 Å². The van der Waals surface area contributed by atoms with E-state index in [1.54, 1.807) is 12.1 Å². The van der Waals surface area contributed by atoms with Gasteiger partial charge in [-0.1, -0.05) is 12.1 Å². The minimum atomic E-state index is -0.390. The number of carbonyl (C=O) groups excluding carboxylic acids is 1. The molecule has 2 heterocycles. The zero-order chi connectivity index (χ0) is 16.6. The molecule has 130 valence electrons. The van der Waals surface area contributed by atoms with Gasteiger partial charge >= 0.3 is 0 Å². The molecule has 3 fully saturated rings. The fraction of sp³-hybridized carbons (Fsp3) is 0.632. The third kappa shape index (κ3) is 2.95. The Morgan fingerprint density at radius 3 is 2.58 bits per heavy atom. The summed E-state index contributed by atoms with van der Waals surface area (Å²) in [6, 6.07) is 7.01. The highest BCUT2D eigenvalue weighted by Crippen LogP contribution is 2.49. The van der Waals surface area contributed by atoms with E-state index in [9.17, 15) is 9.18 Å². The third-order valence-electron chi connectivity index (χ3n) is 5.80. The van der Waals surface area contributed by atoms with Crippen LogP contribution in [0.1, 0.15) is 31.2 Å². The highest BCUT2D eigenvalue weighted by Gasteiger charge is 2.53. The van der Waals surface area contributed by atoms with E-state index in [1.807, 2.05) is 4.90 Å². The molecule has 2 aliphatic heterocycles. The molecule has 4 nitrogen and oxygen atoms in total. The normalized spacial score (nSPS) is 27.0. The van der Waals surface area contributed by atoms with E-state index in [4.69, 9.17) is 4.74 Å². The van der Waals surface area contributed by atoms with Crippen molar-refractivity contribution in [2.75, 3.05) is 39.4 Å². The van der Waals surface area contributed by atoms with E-state index < -0.39 is 0 Å². The van der Waals surface area contributed by atoms with Crippen molar-refractivity contribution in [3.05, 3.63) is 35.6 Å². The molecule has 24 heavy (non-hydrogen) atoms. The van der Waals surface area contributed by atoms with Crippen LogP contribution in [0.3, 0.4) is 0 Å². The fourth-order valence-corrected chi connectivity index (χ4v) is 4.14. The molecule has 1 aromatic carbocycles. The molecule has 1 aromatic rings. The van der Waals surface area contributed by atoms with Crippen LogP contribution in [-0.4, -0.2) is 61.1 Å². The predicted molar refractivity (Wildman–Crippen MR) is 89.3 cm³/mol. The number of hydrogen-bond acceptors (Lipinski definition) is 3. The lowest BCUT2D eigenvalue weighted by Gasteiger charge is -2.28. The molecular weight excluding hydrogens is 307 g/mol. The summed E-state index contributed by atoms with van der Waals surface area (Å²) in [5, 5.41) is 0. The molecule has 3 aliphatic rings. The largest absolute Gasteiger partial charge is 0.380 e. The second kappa shape index (κ2) is 6.45. The lowest BCUT2D eigenvalue weighted by molar-refractivity contribution is -0.133. The molecule has 1 atom stereocenters. The number of carbonyl (C=O) groups is 1. The molecule has 2 saturated heterocycles. The molecule has 1 unspecified atom stereocenters. The Hall–Kier alpha value is -1.46. The van der Waals surface area contributed by atoms with Crippen molar-refractivity contribution in [2.24, 2.45) is 0 Å². The second-order valence-corrected chi connectivity index (χ2v) is 7.29. The minimum Gasteiger partial charge on any atom is -0.380 e. The molecule has 1 amide bonds. The molecular formula is C19H25FN2O2. The lowest BCUT2D eigenvalue weighted by Crippen LogP contribution is -2.43. The monoisotopic (exact) mass is 332 g/mol. The van der Waals surface area contributed by atoms with E-state index in [-0.39, 0.29) is 17.1 Å². The van der Waals surface area contributed by atoms with Crippen LogP contribution in [0.2, 0.25) is 0 Å². The molecule has 4 rings (SSSR count). The van der Waals surface area contributed by atoms with Gasteiger partial charge in [0.15, 0.2) is 0 Å². The zero-order valence-corrected chi connectivity index (χ0v) is 14.0. The van der Waals surface area contributed by atoms with Crippen LogP contribution >= 0.6 is 0 Å². The van der Waals surface area contributed by atoms with Crippen molar-refractivity contribution in [3.8, 4) is 0 Å². The number of amides is 1. The zero-order valence-electron chi connectivity index (χ0n) is 14.0. The van der Waals surface area contributed by atoms with Crippen LogP contribution in [0, 0.1) is 5.82 Å². The molecule has 5 heteroatoms. The van der Waals surface area contributed by atoms with Gasteiger partial charge in [-0.3, -0.25) is 9.69 Å². The number of benzene rings is 1. The van der Waals surface area contributed by atoms with Crippen LogP contribution in [0.15, 0.2) is 24.3 Å². The molecule has 1 saturated carbocycles. The molecule has 1 aliphatic carbocycles. The van der Waals surface area contributed by atoms with Crippen LogP contribution in [0.25, 0.3) is 0 Å². The van der Waals surface area contributed by atoms with Gasteiger partial charge in [0.1, 0.15) is 5.82 Å². The summed E-state index contributed by atoms with van der Waals surface area (Å²) in [5.74, 6) is -0.00942. The van der Waals surface area contributed by atoms with Crippen molar-refractivity contribution >= 4 is 5.91 Å². The first-order valence-electron chi connectivity index (χ1n) is 9.06. The maximum Gasteiger partial charge on any atom is 0.233 e. The van der Waals surface area contributed by atoms with E-state index in [2.05, 4.69) is 4.90 Å². The number of nitrogens with zero attached hydrogens (tertiary/aromatic N) is 2. The van der Waals surface area contributed by atoms with Crippen LogP contribution < -0.4 is 0 Å². The summed E-state index contributed by atoms with van der Waals surface area (Å²) in [6.45, 7) is 5.27. The van der Waals surface area contributed by atoms with Crippen LogP contribution in [0.5, 0.6) is 0 Å². The Labute approximate surface area is 142 Å². The predicted octanol–water partition coefficient (Wildman–Crippen LogP) is 2.18. The highest BCUT2D eigenvalue weighted by molar-refractivity contribution is 5.91. The van der Waals surface area contributed by atoms with Gasteiger partial charge in [-0.25, -0.2) is 4.39 Å². The third-order valence-corrected chi connectivity index (χ3v) is 5.80. The first kappa shape index (κ1) is 16.0. The molecule has 0 radical (unpaired) electrons. The summed E-state index contributed by atoms with van der Waals surface area (Å²) in [5.41, 5.74) is 0.582. The maximum atomic E-state index is 13.2. The maximum absolute atomic E-state index is 13.2. The Morgan fingerprint density at radius 2 is 1.92 bits per heavy atom. The number of rotatable bonds is 3. The van der Waals surface area contributed by atoms with Crippen LogP contribution in [-0.2, 0) is 14.9 Å². The van der Waals surface area contributed by atoms with Gasteiger partial charge < -0.3 is 9.64 Å². The molecule has 0 aromatic heterocycles. The minimum absolute atomic E-state index is 0.235. The smallest absolute Gasteiger partial charge is 0.233 e. The highest BCUT2D eigenvalue weighted by atomic mass is 19.1. The molecule has 0 bridgehead atoms.